The van der Waals surface area contributed by atoms with Gasteiger partial charge in [-0.15, -0.1) is 0 Å². The summed E-state index contributed by atoms with van der Waals surface area (Å²) < 4.78 is 152. The molecule has 0 radical (unpaired) electrons. The standard InChI is InChI=1S/C56H114O30S/c57-1-3-59-5-7-61-9-11-63-13-15-65-17-19-67-21-23-69-25-27-71-29-31-73-33-35-75-37-39-77-41-43-79-45-47-81-49-51-83-53-55-85-87-86-56-54-84-52-50-82-48-46-80-44-42-78-40-38-76-36-34-74-32-30-72-28-26-70-24-22-68-20-18-66-16-14-64-12-10-62-8-6-60-4-2-58/h57-58H,1-56H2. The van der Waals surface area contributed by atoms with Gasteiger partial charge in [0, 0.05) is 0 Å². The monoisotopic (exact) mass is 1300 g/mol. The molecule has 0 aromatic heterocycles. The van der Waals surface area contributed by atoms with E-state index in [0.29, 0.717) is 357 Å². The molecule has 2 N–H and O–H groups in total. The zero-order valence-electron chi connectivity index (χ0n) is 52.3. The molecular formula is C56H114O30S. The first-order chi connectivity index (χ1) is 43.4. The Balaban J connectivity index is 3.08. The van der Waals surface area contributed by atoms with Gasteiger partial charge < -0.3 is 133 Å². The smallest absolute Gasteiger partial charge is 0.158 e. The highest BCUT2D eigenvalue weighted by molar-refractivity contribution is 7.89. The Labute approximate surface area is 522 Å². The summed E-state index contributed by atoms with van der Waals surface area (Å²) in [6.45, 7) is 25.3. The third-order valence-corrected chi connectivity index (χ3v) is 10.6. The second-order valence-electron chi connectivity index (χ2n) is 17.1. The summed E-state index contributed by atoms with van der Waals surface area (Å²) >= 11 is 0.913. The van der Waals surface area contributed by atoms with Crippen LogP contribution in [-0.2, 0) is 132 Å². The molecule has 30 nitrogen and oxygen atoms in total. The van der Waals surface area contributed by atoms with Gasteiger partial charge in [0.1, 0.15) is 0 Å². The summed E-state index contributed by atoms with van der Waals surface area (Å²) in [5.41, 5.74) is 0. The fraction of sp³-hybridized carbons (Fsp3) is 1.00. The van der Waals surface area contributed by atoms with Crippen LogP contribution in [-0.4, -0.2) is 380 Å². The number of ether oxygens (including phenoxy) is 26. The molecule has 0 rings (SSSR count). The highest BCUT2D eigenvalue weighted by atomic mass is 32.2. The van der Waals surface area contributed by atoms with Crippen molar-refractivity contribution >= 4 is 12.3 Å². The summed E-state index contributed by atoms with van der Waals surface area (Å²) in [6.07, 6.45) is 0. The number of aliphatic hydroxyl groups is 2. The summed E-state index contributed by atoms with van der Waals surface area (Å²) in [5, 5.41) is 17.2. The maximum Gasteiger partial charge on any atom is 0.158 e. The summed E-state index contributed by atoms with van der Waals surface area (Å²) in [5.74, 6) is 0. The van der Waals surface area contributed by atoms with Crippen molar-refractivity contribution in [1.82, 2.24) is 0 Å². The van der Waals surface area contributed by atoms with Crippen molar-refractivity contribution < 1.29 is 142 Å². The van der Waals surface area contributed by atoms with E-state index in [-0.39, 0.29) is 13.2 Å². The Bertz CT molecular complexity index is 1090. The lowest BCUT2D eigenvalue weighted by Gasteiger charge is -2.09. The lowest BCUT2D eigenvalue weighted by Crippen LogP contribution is -2.15. The van der Waals surface area contributed by atoms with Crippen molar-refractivity contribution in [3.05, 3.63) is 0 Å². The summed E-state index contributed by atoms with van der Waals surface area (Å²) in [7, 11) is 0. The maximum atomic E-state index is 8.61. The van der Waals surface area contributed by atoms with Crippen LogP contribution in [0.1, 0.15) is 0 Å². The molecule has 0 aromatic carbocycles. The molecule has 0 saturated heterocycles. The molecule has 0 atom stereocenters. The minimum atomic E-state index is 0.0162. The summed E-state index contributed by atoms with van der Waals surface area (Å²) in [4.78, 5) is 0. The molecule has 31 heteroatoms. The lowest BCUT2D eigenvalue weighted by atomic mass is 10.6. The van der Waals surface area contributed by atoms with Crippen molar-refractivity contribution in [2.45, 2.75) is 0 Å². The van der Waals surface area contributed by atoms with E-state index in [1.165, 1.54) is 0 Å². The van der Waals surface area contributed by atoms with Gasteiger partial charge in [-0.2, -0.15) is 0 Å². The molecular weight excluding hydrogens is 1180 g/mol. The average Bonchev–Trinajstić information content (AvgIpc) is 3.53. The van der Waals surface area contributed by atoms with Crippen LogP contribution in [0.3, 0.4) is 0 Å². The van der Waals surface area contributed by atoms with E-state index in [1.54, 1.807) is 0 Å². The number of rotatable bonds is 84. The van der Waals surface area contributed by atoms with E-state index in [4.69, 9.17) is 142 Å². The van der Waals surface area contributed by atoms with Crippen LogP contribution in [0.25, 0.3) is 0 Å². The van der Waals surface area contributed by atoms with Crippen LogP contribution in [0.15, 0.2) is 0 Å². The highest BCUT2D eigenvalue weighted by Crippen LogP contribution is 2.03. The topological polar surface area (TPSA) is 299 Å². The van der Waals surface area contributed by atoms with Gasteiger partial charge in [0.25, 0.3) is 0 Å². The summed E-state index contributed by atoms with van der Waals surface area (Å²) in [6, 6.07) is 0. The lowest BCUT2D eigenvalue weighted by molar-refractivity contribution is -0.0294. The molecule has 0 spiro atoms. The molecule has 0 saturated carbocycles. The molecule has 0 fully saturated rings. The predicted octanol–water partition coefficient (Wildman–Crippen LogP) is -0.00100. The Morgan fingerprint density at radius 3 is 0.287 bits per heavy atom. The largest absolute Gasteiger partial charge is 0.394 e. The van der Waals surface area contributed by atoms with Crippen molar-refractivity contribution in [3.63, 3.8) is 0 Å². The Morgan fingerprint density at radius 2 is 0.195 bits per heavy atom. The van der Waals surface area contributed by atoms with Crippen LogP contribution < -0.4 is 0 Å². The van der Waals surface area contributed by atoms with Gasteiger partial charge in [-0.25, -0.2) is 0 Å². The molecule has 524 valence electrons. The van der Waals surface area contributed by atoms with Gasteiger partial charge in [-0.3, -0.25) is 8.37 Å². The van der Waals surface area contributed by atoms with Crippen molar-refractivity contribution in [1.29, 1.82) is 0 Å². The fourth-order valence-corrected chi connectivity index (χ4v) is 6.24. The zero-order valence-corrected chi connectivity index (χ0v) is 53.1. The molecule has 0 aliphatic rings. The van der Waals surface area contributed by atoms with Gasteiger partial charge in [0.2, 0.25) is 0 Å². The van der Waals surface area contributed by atoms with E-state index in [9.17, 15) is 0 Å². The molecule has 0 amide bonds. The number of hydrogen-bond donors (Lipinski definition) is 2. The minimum absolute atomic E-state index is 0.0162. The van der Waals surface area contributed by atoms with E-state index in [2.05, 4.69) is 0 Å². The Hall–Kier alpha value is -0.850. The van der Waals surface area contributed by atoms with Gasteiger partial charge in [0.05, 0.1) is 370 Å². The van der Waals surface area contributed by atoms with Crippen LogP contribution in [0.5, 0.6) is 0 Å². The second-order valence-corrected chi connectivity index (χ2v) is 17.7. The quantitative estimate of drug-likeness (QED) is 0.0598. The average molecular weight is 1300 g/mol. The SMILES string of the molecule is OCCOCCOCCOCCOCCOCCOCCOCCOCCOCCOCCOCCOCCOCCOSOCCOCCOCCOCCOCCOCCOCCOCCOCCOCCOCCOCCOCCOCCO. The maximum absolute atomic E-state index is 8.61. The Morgan fingerprint density at radius 1 is 0.115 bits per heavy atom. The van der Waals surface area contributed by atoms with Gasteiger partial charge >= 0.3 is 0 Å². The Kier molecular flexibility index (Phi) is 84.3. The van der Waals surface area contributed by atoms with Crippen LogP contribution >= 0.6 is 12.3 Å². The zero-order chi connectivity index (χ0) is 62.1. The fourth-order valence-electron chi connectivity index (χ4n) is 5.90. The molecule has 0 aliphatic carbocycles. The molecule has 0 bridgehead atoms. The van der Waals surface area contributed by atoms with Gasteiger partial charge in [-0.1, -0.05) is 0 Å². The van der Waals surface area contributed by atoms with Gasteiger partial charge in [0.15, 0.2) is 12.3 Å². The normalized spacial score (nSPS) is 11.8. The highest BCUT2D eigenvalue weighted by Gasteiger charge is 2.01. The first-order valence-electron chi connectivity index (χ1n) is 30.6. The van der Waals surface area contributed by atoms with Crippen LogP contribution in [0.4, 0.5) is 0 Å². The van der Waals surface area contributed by atoms with Crippen molar-refractivity contribution in [2.75, 3.05) is 370 Å². The van der Waals surface area contributed by atoms with E-state index >= 15 is 0 Å². The molecule has 87 heavy (non-hydrogen) atoms. The van der Waals surface area contributed by atoms with Crippen LogP contribution in [0, 0.1) is 0 Å². The third-order valence-electron chi connectivity index (χ3n) is 10.1. The minimum Gasteiger partial charge on any atom is -0.394 e. The van der Waals surface area contributed by atoms with E-state index in [0.717, 1.165) is 12.3 Å². The van der Waals surface area contributed by atoms with E-state index < -0.39 is 0 Å². The first kappa shape index (κ1) is 86.2. The number of aliphatic hydroxyl groups excluding tert-OH is 2. The van der Waals surface area contributed by atoms with E-state index in [1.807, 2.05) is 0 Å². The third kappa shape index (κ3) is 85.2. The molecule has 0 unspecified atom stereocenters. The molecule has 0 aliphatic heterocycles. The van der Waals surface area contributed by atoms with Gasteiger partial charge in [-0.05, 0) is 0 Å². The second kappa shape index (κ2) is 85.2. The van der Waals surface area contributed by atoms with Crippen molar-refractivity contribution in [2.24, 2.45) is 0 Å². The predicted molar refractivity (Wildman–Crippen MR) is 315 cm³/mol. The number of hydrogen-bond acceptors (Lipinski definition) is 31. The van der Waals surface area contributed by atoms with Crippen LogP contribution in [0.2, 0.25) is 0 Å². The molecule has 0 aromatic rings. The first-order valence-corrected chi connectivity index (χ1v) is 31.2. The van der Waals surface area contributed by atoms with Crippen molar-refractivity contribution in [3.8, 4) is 0 Å². The molecule has 0 heterocycles.